The van der Waals surface area contributed by atoms with Crippen LogP contribution in [0, 0.1) is 0 Å². The van der Waals surface area contributed by atoms with Gasteiger partial charge in [-0.1, -0.05) is 6.07 Å². The third-order valence-electron chi connectivity index (χ3n) is 4.05. The largest absolute Gasteiger partial charge is 0.492 e. The van der Waals surface area contributed by atoms with Crippen molar-refractivity contribution >= 4 is 47.2 Å². The summed E-state index contributed by atoms with van der Waals surface area (Å²) in [5.41, 5.74) is 1.56. The molecule has 1 aliphatic heterocycles. The van der Waals surface area contributed by atoms with Gasteiger partial charge in [-0.15, -0.1) is 24.0 Å². The smallest absolute Gasteiger partial charge is 0.221 e. The minimum Gasteiger partial charge on any atom is -0.492 e. The molecule has 0 unspecified atom stereocenters. The summed E-state index contributed by atoms with van der Waals surface area (Å²) < 4.78 is 17.1. The van der Waals surface area contributed by atoms with Crippen LogP contribution in [-0.4, -0.2) is 45.3 Å². The zero-order chi connectivity index (χ0) is 20.5. The molecule has 8 nitrogen and oxygen atoms in total. The topological polar surface area (TPSA) is 93.2 Å². The van der Waals surface area contributed by atoms with Crippen LogP contribution in [0.25, 0.3) is 0 Å². The Balaban J connectivity index is 0.00000320. The molecule has 1 amide bonds. The van der Waals surface area contributed by atoms with Crippen LogP contribution in [0.5, 0.6) is 17.2 Å². The molecule has 2 aromatic rings. The minimum absolute atomic E-state index is 0. The van der Waals surface area contributed by atoms with Gasteiger partial charge in [0.1, 0.15) is 12.4 Å². The number of anilines is 2. The van der Waals surface area contributed by atoms with E-state index in [1.165, 1.54) is 6.92 Å². The molecular formula is C21H27IN4O4. The maximum Gasteiger partial charge on any atom is 0.221 e. The first-order chi connectivity index (χ1) is 14.1. The number of hydrogen-bond acceptors (Lipinski definition) is 5. The van der Waals surface area contributed by atoms with Crippen LogP contribution in [0.3, 0.4) is 0 Å². The van der Waals surface area contributed by atoms with E-state index in [1.54, 1.807) is 13.1 Å². The molecule has 0 saturated heterocycles. The third kappa shape index (κ3) is 7.29. The quantitative estimate of drug-likeness (QED) is 0.231. The first kappa shape index (κ1) is 23.6. The third-order valence-corrected chi connectivity index (χ3v) is 4.05. The number of amides is 1. The molecule has 0 bridgehead atoms. The molecule has 0 radical (unpaired) electrons. The number of hydrogen-bond donors (Lipinski definition) is 3. The fraction of sp³-hybridized carbons (Fsp3) is 0.333. The standard InChI is InChI=1S/C21H26N4O4.HI/c1-15(26)24-16-5-3-6-18(13-16)27-12-9-23-21(22-2)25-17-7-8-19-20(14-17)29-11-4-10-28-19;/h3,5-8,13-14H,4,9-12H2,1-2H3,(H,24,26)(H2,22,23,25);1H. The monoisotopic (exact) mass is 526 g/mol. The van der Waals surface area contributed by atoms with E-state index >= 15 is 0 Å². The van der Waals surface area contributed by atoms with Gasteiger partial charge in [0.25, 0.3) is 0 Å². The second-order valence-electron chi connectivity index (χ2n) is 6.39. The highest BCUT2D eigenvalue weighted by atomic mass is 127. The lowest BCUT2D eigenvalue weighted by Crippen LogP contribution is -2.33. The first-order valence-electron chi connectivity index (χ1n) is 9.52. The number of aliphatic imine (C=N–C) groups is 1. The Labute approximate surface area is 193 Å². The second kappa shape index (κ2) is 12.1. The molecule has 2 aromatic carbocycles. The van der Waals surface area contributed by atoms with Gasteiger partial charge < -0.3 is 30.2 Å². The van der Waals surface area contributed by atoms with E-state index in [-0.39, 0.29) is 29.9 Å². The number of rotatable bonds is 6. The number of guanidine groups is 1. The lowest BCUT2D eigenvalue weighted by atomic mass is 10.3. The van der Waals surface area contributed by atoms with Crippen LogP contribution >= 0.6 is 24.0 Å². The maximum absolute atomic E-state index is 11.1. The van der Waals surface area contributed by atoms with Gasteiger partial charge in [0.15, 0.2) is 17.5 Å². The Morgan fingerprint density at radius 2 is 1.83 bits per heavy atom. The highest BCUT2D eigenvalue weighted by molar-refractivity contribution is 14.0. The number of fused-ring (bicyclic) bond motifs is 1. The van der Waals surface area contributed by atoms with Crippen molar-refractivity contribution in [1.29, 1.82) is 0 Å². The van der Waals surface area contributed by atoms with Crippen LogP contribution in [-0.2, 0) is 4.79 Å². The number of ether oxygens (including phenoxy) is 3. The summed E-state index contributed by atoms with van der Waals surface area (Å²) in [5, 5.41) is 9.16. The van der Waals surface area contributed by atoms with Crippen molar-refractivity contribution in [3.8, 4) is 17.2 Å². The van der Waals surface area contributed by atoms with Gasteiger partial charge in [0, 0.05) is 43.9 Å². The Bertz CT molecular complexity index is 876. The molecule has 3 rings (SSSR count). The molecule has 1 heterocycles. The lowest BCUT2D eigenvalue weighted by molar-refractivity contribution is -0.114. The van der Waals surface area contributed by atoms with Crippen molar-refractivity contribution in [2.24, 2.45) is 4.99 Å². The number of carbonyl (C=O) groups is 1. The molecule has 0 aromatic heterocycles. The van der Waals surface area contributed by atoms with E-state index < -0.39 is 0 Å². The van der Waals surface area contributed by atoms with Gasteiger partial charge in [0.2, 0.25) is 5.91 Å². The summed E-state index contributed by atoms with van der Waals surface area (Å²) in [6.45, 7) is 3.76. The average molecular weight is 526 g/mol. The average Bonchev–Trinajstić information content (AvgIpc) is 2.95. The van der Waals surface area contributed by atoms with Crippen molar-refractivity contribution < 1.29 is 19.0 Å². The van der Waals surface area contributed by atoms with Gasteiger partial charge in [-0.25, -0.2) is 0 Å². The van der Waals surface area contributed by atoms with Crippen LogP contribution in [0.2, 0.25) is 0 Å². The lowest BCUT2D eigenvalue weighted by Gasteiger charge is -2.14. The Morgan fingerprint density at radius 3 is 2.60 bits per heavy atom. The zero-order valence-electron chi connectivity index (χ0n) is 17.1. The maximum atomic E-state index is 11.1. The van der Waals surface area contributed by atoms with Crippen molar-refractivity contribution in [2.75, 3.05) is 44.0 Å². The van der Waals surface area contributed by atoms with Gasteiger partial charge in [0.05, 0.1) is 19.8 Å². The van der Waals surface area contributed by atoms with Crippen LogP contribution in [0.1, 0.15) is 13.3 Å². The van der Waals surface area contributed by atoms with Crippen LogP contribution in [0.15, 0.2) is 47.5 Å². The summed E-state index contributed by atoms with van der Waals surface area (Å²) in [5.74, 6) is 2.67. The number of halogens is 1. The second-order valence-corrected chi connectivity index (χ2v) is 6.39. The predicted molar refractivity (Wildman–Crippen MR) is 129 cm³/mol. The molecule has 3 N–H and O–H groups in total. The van der Waals surface area contributed by atoms with Crippen LogP contribution in [0.4, 0.5) is 11.4 Å². The first-order valence-corrected chi connectivity index (χ1v) is 9.52. The molecule has 162 valence electrons. The summed E-state index contributed by atoms with van der Waals surface area (Å²) in [4.78, 5) is 15.4. The van der Waals surface area contributed by atoms with Crippen molar-refractivity contribution in [2.45, 2.75) is 13.3 Å². The molecule has 0 atom stereocenters. The van der Waals surface area contributed by atoms with E-state index in [0.29, 0.717) is 43.8 Å². The van der Waals surface area contributed by atoms with Gasteiger partial charge in [-0.2, -0.15) is 0 Å². The van der Waals surface area contributed by atoms with Gasteiger partial charge in [-0.05, 0) is 24.3 Å². The van der Waals surface area contributed by atoms with E-state index in [9.17, 15) is 4.79 Å². The number of carbonyl (C=O) groups excluding carboxylic acids is 1. The highest BCUT2D eigenvalue weighted by Gasteiger charge is 2.11. The van der Waals surface area contributed by atoms with Gasteiger partial charge in [-0.3, -0.25) is 9.79 Å². The highest BCUT2D eigenvalue weighted by Crippen LogP contribution is 2.32. The Kier molecular flexibility index (Phi) is 9.52. The molecule has 0 spiro atoms. The fourth-order valence-electron chi connectivity index (χ4n) is 2.76. The Morgan fingerprint density at radius 1 is 1.07 bits per heavy atom. The molecule has 0 aliphatic carbocycles. The van der Waals surface area contributed by atoms with Crippen molar-refractivity contribution in [3.63, 3.8) is 0 Å². The molecule has 0 saturated carbocycles. The van der Waals surface area contributed by atoms with Crippen LogP contribution < -0.4 is 30.2 Å². The predicted octanol–water partition coefficient (Wildman–Crippen LogP) is 3.49. The summed E-state index contributed by atoms with van der Waals surface area (Å²) in [6, 6.07) is 13.0. The Hall–Kier alpha value is -2.69. The SMILES string of the molecule is CN=C(NCCOc1cccc(NC(C)=O)c1)Nc1ccc2c(c1)OCCCO2.I. The summed E-state index contributed by atoms with van der Waals surface area (Å²) >= 11 is 0. The number of nitrogens with zero attached hydrogens (tertiary/aromatic N) is 1. The summed E-state index contributed by atoms with van der Waals surface area (Å²) in [7, 11) is 1.70. The van der Waals surface area contributed by atoms with E-state index in [1.807, 2.05) is 36.4 Å². The molecule has 1 aliphatic rings. The number of nitrogens with one attached hydrogen (secondary N) is 3. The van der Waals surface area contributed by atoms with Crippen molar-refractivity contribution in [3.05, 3.63) is 42.5 Å². The number of benzene rings is 2. The van der Waals surface area contributed by atoms with Crippen molar-refractivity contribution in [1.82, 2.24) is 5.32 Å². The molecule has 30 heavy (non-hydrogen) atoms. The summed E-state index contributed by atoms with van der Waals surface area (Å²) in [6.07, 6.45) is 0.869. The molecular weight excluding hydrogens is 499 g/mol. The van der Waals surface area contributed by atoms with E-state index in [0.717, 1.165) is 23.6 Å². The molecule has 9 heteroatoms. The fourth-order valence-corrected chi connectivity index (χ4v) is 2.76. The molecule has 0 fully saturated rings. The zero-order valence-corrected chi connectivity index (χ0v) is 19.4. The van der Waals surface area contributed by atoms with E-state index in [2.05, 4.69) is 20.9 Å². The van der Waals surface area contributed by atoms with E-state index in [4.69, 9.17) is 14.2 Å². The minimum atomic E-state index is -0.117. The normalized spacial score (nSPS) is 12.8. The van der Waals surface area contributed by atoms with Gasteiger partial charge >= 0.3 is 0 Å².